The van der Waals surface area contributed by atoms with Crippen LogP contribution in [0.3, 0.4) is 0 Å². The van der Waals surface area contributed by atoms with E-state index in [2.05, 4.69) is 15.9 Å². The van der Waals surface area contributed by atoms with Crippen LogP contribution >= 0.6 is 0 Å². The Balaban J connectivity index is 3.54. The van der Waals surface area contributed by atoms with Gasteiger partial charge in [-0.25, -0.2) is 0 Å². The number of terminal acetylenes is 1. The predicted molar refractivity (Wildman–Crippen MR) is 27.1 cm³/mol. The highest BCUT2D eigenvalue weighted by Crippen LogP contribution is 1.70. The first-order valence-corrected chi connectivity index (χ1v) is 1.57. The summed E-state index contributed by atoms with van der Waals surface area (Å²) < 4.78 is 0. The van der Waals surface area contributed by atoms with Gasteiger partial charge in [0.05, 0.1) is 0 Å². The highest BCUT2D eigenvalue weighted by atomic mass is 15.1. The van der Waals surface area contributed by atoms with Gasteiger partial charge in [0.15, 0.2) is 0 Å². The van der Waals surface area contributed by atoms with Crippen molar-refractivity contribution in [3.63, 3.8) is 0 Å². The largest absolute Gasteiger partial charge is 0.115 e. The third kappa shape index (κ3) is 4.61. The van der Waals surface area contributed by atoms with E-state index in [1.165, 1.54) is 12.3 Å². The molecule has 0 bridgehead atoms. The third-order valence-corrected chi connectivity index (χ3v) is 0.289. The molecule has 0 atom stereocenters. The lowest BCUT2D eigenvalue weighted by molar-refractivity contribution is 1.51. The molecule has 0 fully saturated rings. The fraction of sp³-hybridized carbons (Fsp3) is 0. The summed E-state index contributed by atoms with van der Waals surface area (Å²) in [6, 6.07) is 0. The summed E-state index contributed by atoms with van der Waals surface area (Å²) in [6.07, 6.45) is 7.28. The standard InChI is InChI=1S/C4H3N3/c1-2-3-4-6-7-5/h1,3-4H/b4-3-. The van der Waals surface area contributed by atoms with Crippen LogP contribution in [0.2, 0.25) is 0 Å². The van der Waals surface area contributed by atoms with Crippen LogP contribution in [0.1, 0.15) is 0 Å². The molecule has 0 aromatic rings. The maximum absolute atomic E-state index is 7.63. The van der Waals surface area contributed by atoms with Crippen molar-refractivity contribution in [1.29, 1.82) is 0 Å². The monoisotopic (exact) mass is 93.0 g/mol. The van der Waals surface area contributed by atoms with Gasteiger partial charge in [-0.3, -0.25) is 0 Å². The third-order valence-electron chi connectivity index (χ3n) is 0.289. The molecule has 7 heavy (non-hydrogen) atoms. The van der Waals surface area contributed by atoms with Gasteiger partial charge in [-0.15, -0.1) is 6.42 Å². The molecule has 3 nitrogen and oxygen atoms in total. The van der Waals surface area contributed by atoms with Crippen LogP contribution in [-0.4, -0.2) is 0 Å². The van der Waals surface area contributed by atoms with E-state index in [9.17, 15) is 0 Å². The molecule has 34 valence electrons. The van der Waals surface area contributed by atoms with E-state index in [1.807, 2.05) is 0 Å². The Labute approximate surface area is 41.3 Å². The zero-order valence-corrected chi connectivity index (χ0v) is 3.57. The highest BCUT2D eigenvalue weighted by molar-refractivity contribution is 5.07. The first-order valence-electron chi connectivity index (χ1n) is 1.57. The van der Waals surface area contributed by atoms with Crippen molar-refractivity contribution in [2.45, 2.75) is 0 Å². The lowest BCUT2D eigenvalue weighted by atomic mass is 10.6. The Kier molecular flexibility index (Phi) is 3.69. The normalized spacial score (nSPS) is 7.29. The van der Waals surface area contributed by atoms with Gasteiger partial charge in [0.2, 0.25) is 0 Å². The van der Waals surface area contributed by atoms with Crippen molar-refractivity contribution < 1.29 is 0 Å². The number of hydrogen-bond donors (Lipinski definition) is 0. The zero-order valence-electron chi connectivity index (χ0n) is 3.57. The number of azide groups is 1. The molecule has 0 aromatic carbocycles. The van der Waals surface area contributed by atoms with Crippen molar-refractivity contribution >= 4 is 0 Å². The maximum Gasteiger partial charge on any atom is 0.00925 e. The minimum Gasteiger partial charge on any atom is -0.115 e. The molecular formula is C4H3N3. The summed E-state index contributed by atoms with van der Waals surface area (Å²) in [6.45, 7) is 0. The van der Waals surface area contributed by atoms with Crippen molar-refractivity contribution in [2.75, 3.05) is 0 Å². The summed E-state index contributed by atoms with van der Waals surface area (Å²) >= 11 is 0. The Hall–Kier alpha value is -1.39. The van der Waals surface area contributed by atoms with E-state index in [4.69, 9.17) is 12.0 Å². The molecule has 0 heterocycles. The minimum absolute atomic E-state index is 1.21. The number of allylic oxidation sites excluding steroid dienone is 1. The van der Waals surface area contributed by atoms with E-state index < -0.39 is 0 Å². The van der Waals surface area contributed by atoms with Crippen LogP contribution in [0.15, 0.2) is 17.4 Å². The Morgan fingerprint density at radius 3 is 3.00 bits per heavy atom. The molecule has 0 unspecified atom stereocenters. The molecule has 0 saturated carbocycles. The van der Waals surface area contributed by atoms with Crippen LogP contribution in [0, 0.1) is 12.3 Å². The molecule has 0 aromatic heterocycles. The lowest BCUT2D eigenvalue weighted by Crippen LogP contribution is -1.39. The van der Waals surface area contributed by atoms with E-state index >= 15 is 0 Å². The summed E-state index contributed by atoms with van der Waals surface area (Å²) in [5.74, 6) is 2.16. The molecule has 0 aliphatic heterocycles. The second kappa shape index (κ2) is 4.61. The lowest BCUT2D eigenvalue weighted by Gasteiger charge is -1.56. The molecule has 0 rings (SSSR count). The Morgan fingerprint density at radius 1 is 1.86 bits per heavy atom. The topological polar surface area (TPSA) is 48.8 Å². The minimum atomic E-state index is 1.21. The fourth-order valence-electron chi connectivity index (χ4n) is 0.106. The van der Waals surface area contributed by atoms with Crippen LogP contribution in [0.5, 0.6) is 0 Å². The molecule has 0 aliphatic carbocycles. The quantitative estimate of drug-likeness (QED) is 0.204. The van der Waals surface area contributed by atoms with E-state index in [1.54, 1.807) is 0 Å². The van der Waals surface area contributed by atoms with Crippen LogP contribution in [0.25, 0.3) is 10.4 Å². The number of nitrogens with zero attached hydrogens (tertiary/aromatic N) is 3. The van der Waals surface area contributed by atoms with E-state index in [0.29, 0.717) is 0 Å². The first kappa shape index (κ1) is 5.61. The van der Waals surface area contributed by atoms with Crippen molar-refractivity contribution in [2.24, 2.45) is 5.11 Å². The summed E-state index contributed by atoms with van der Waals surface area (Å²) in [4.78, 5) is 2.42. The van der Waals surface area contributed by atoms with Gasteiger partial charge in [-0.2, -0.15) is 0 Å². The molecule has 0 amide bonds. The SMILES string of the molecule is C#C/C=C\N=[N+]=[N-]. The second-order valence-electron chi connectivity index (χ2n) is 0.687. The number of hydrogen-bond acceptors (Lipinski definition) is 1. The average Bonchev–Trinajstić information content (AvgIpc) is 1.69. The smallest absolute Gasteiger partial charge is 0.00925 e. The predicted octanol–water partition coefficient (Wildman–Crippen LogP) is 1.44. The van der Waals surface area contributed by atoms with Crippen molar-refractivity contribution in [3.8, 4) is 12.3 Å². The first-order chi connectivity index (χ1) is 3.41. The molecular weight excluding hydrogens is 90.1 g/mol. The van der Waals surface area contributed by atoms with Crippen LogP contribution < -0.4 is 0 Å². The molecule has 0 N–H and O–H groups in total. The zero-order chi connectivity index (χ0) is 5.54. The molecule has 0 spiro atoms. The van der Waals surface area contributed by atoms with Crippen LogP contribution in [-0.2, 0) is 0 Å². The van der Waals surface area contributed by atoms with Gasteiger partial charge < -0.3 is 0 Å². The fourth-order valence-corrected chi connectivity index (χ4v) is 0.106. The van der Waals surface area contributed by atoms with Crippen molar-refractivity contribution in [1.82, 2.24) is 0 Å². The molecule has 3 heteroatoms. The highest BCUT2D eigenvalue weighted by Gasteiger charge is 1.51. The molecule has 0 radical (unpaired) electrons. The average molecular weight is 93.1 g/mol. The van der Waals surface area contributed by atoms with Gasteiger partial charge in [0, 0.05) is 11.1 Å². The van der Waals surface area contributed by atoms with E-state index in [0.717, 1.165) is 0 Å². The number of rotatable bonds is 1. The maximum atomic E-state index is 7.63. The summed E-state index contributed by atoms with van der Waals surface area (Å²) in [5, 5.41) is 3.02. The van der Waals surface area contributed by atoms with Gasteiger partial charge in [0.1, 0.15) is 0 Å². The van der Waals surface area contributed by atoms with Gasteiger partial charge >= 0.3 is 0 Å². The summed E-state index contributed by atoms with van der Waals surface area (Å²) in [7, 11) is 0. The molecule has 0 aliphatic rings. The second-order valence-corrected chi connectivity index (χ2v) is 0.687. The molecule has 0 saturated heterocycles. The Bertz CT molecular complexity index is 145. The van der Waals surface area contributed by atoms with Gasteiger partial charge in [-0.05, 0) is 11.6 Å². The van der Waals surface area contributed by atoms with Crippen molar-refractivity contribution in [3.05, 3.63) is 22.7 Å². The summed E-state index contributed by atoms with van der Waals surface area (Å²) in [5.41, 5.74) is 7.63. The van der Waals surface area contributed by atoms with Crippen LogP contribution in [0.4, 0.5) is 0 Å². The van der Waals surface area contributed by atoms with Gasteiger partial charge in [0.25, 0.3) is 0 Å². The van der Waals surface area contributed by atoms with E-state index in [-0.39, 0.29) is 0 Å². The van der Waals surface area contributed by atoms with Gasteiger partial charge in [-0.1, -0.05) is 11.0 Å². The Morgan fingerprint density at radius 2 is 2.57 bits per heavy atom.